The zero-order chi connectivity index (χ0) is 13.6. The molecule has 3 nitrogen and oxygen atoms in total. The van der Waals surface area contributed by atoms with Crippen LogP contribution >= 0.6 is 11.3 Å². The van der Waals surface area contributed by atoms with Gasteiger partial charge in [0.25, 0.3) is 0 Å². The summed E-state index contributed by atoms with van der Waals surface area (Å²) in [7, 11) is 3.81. The second kappa shape index (κ2) is 4.24. The first kappa shape index (κ1) is 12.0. The highest BCUT2D eigenvalue weighted by Crippen LogP contribution is 2.33. The molecule has 2 aromatic carbocycles. The second-order valence-corrected chi connectivity index (χ2v) is 5.74. The molecule has 3 aromatic rings. The minimum atomic E-state index is -0.104. The average molecular weight is 271 g/mol. The van der Waals surface area contributed by atoms with E-state index in [9.17, 15) is 9.90 Å². The molecule has 0 spiro atoms. The van der Waals surface area contributed by atoms with Crippen LogP contribution in [0.25, 0.3) is 20.2 Å². The van der Waals surface area contributed by atoms with Crippen LogP contribution in [-0.2, 0) is 0 Å². The molecule has 0 amide bonds. The van der Waals surface area contributed by atoms with Crippen LogP contribution in [0.15, 0.2) is 41.2 Å². The van der Waals surface area contributed by atoms with Crippen molar-refractivity contribution in [3.05, 3.63) is 46.6 Å². The van der Waals surface area contributed by atoms with Crippen molar-refractivity contribution < 1.29 is 5.11 Å². The molecule has 0 aliphatic heterocycles. The molecule has 3 rings (SSSR count). The summed E-state index contributed by atoms with van der Waals surface area (Å²) in [4.78, 5) is 14.3. The number of hydrogen-bond acceptors (Lipinski definition) is 4. The number of benzene rings is 2. The van der Waals surface area contributed by atoms with Crippen molar-refractivity contribution in [3.8, 4) is 5.75 Å². The van der Waals surface area contributed by atoms with Crippen LogP contribution in [-0.4, -0.2) is 19.2 Å². The Bertz CT molecular complexity index is 837. The third-order valence-corrected chi connectivity index (χ3v) is 4.28. The van der Waals surface area contributed by atoms with Gasteiger partial charge in [0.15, 0.2) is 5.43 Å². The number of rotatable bonds is 1. The maximum Gasteiger partial charge on any atom is 0.199 e. The van der Waals surface area contributed by atoms with Gasteiger partial charge in [0.2, 0.25) is 0 Å². The summed E-state index contributed by atoms with van der Waals surface area (Å²) in [5, 5.41) is 11.2. The van der Waals surface area contributed by atoms with Gasteiger partial charge in [0, 0.05) is 40.6 Å². The minimum Gasteiger partial charge on any atom is -0.507 e. The highest BCUT2D eigenvalue weighted by atomic mass is 32.1. The lowest BCUT2D eigenvalue weighted by atomic mass is 10.1. The minimum absolute atomic E-state index is 0.0493. The molecule has 0 bridgehead atoms. The number of aromatic hydroxyl groups is 1. The van der Waals surface area contributed by atoms with Gasteiger partial charge >= 0.3 is 0 Å². The molecule has 1 heterocycles. The van der Waals surface area contributed by atoms with Crippen molar-refractivity contribution in [2.45, 2.75) is 0 Å². The highest BCUT2D eigenvalue weighted by molar-refractivity contribution is 7.24. The molecule has 0 unspecified atom stereocenters. The van der Waals surface area contributed by atoms with E-state index in [1.54, 1.807) is 12.1 Å². The van der Waals surface area contributed by atoms with E-state index in [1.165, 1.54) is 11.3 Å². The number of fused-ring (bicyclic) bond motifs is 2. The molecular weight excluding hydrogens is 258 g/mol. The summed E-state index contributed by atoms with van der Waals surface area (Å²) < 4.78 is 1.75. The molecule has 96 valence electrons. The van der Waals surface area contributed by atoms with E-state index in [2.05, 4.69) is 0 Å². The number of phenols is 1. The number of hydrogen-bond donors (Lipinski definition) is 1. The molecule has 0 aliphatic rings. The third-order valence-electron chi connectivity index (χ3n) is 3.16. The molecule has 1 N–H and O–H groups in total. The first-order chi connectivity index (χ1) is 9.08. The van der Waals surface area contributed by atoms with Crippen molar-refractivity contribution in [3.63, 3.8) is 0 Å². The molecule has 1 aromatic heterocycles. The van der Waals surface area contributed by atoms with Crippen LogP contribution in [0.2, 0.25) is 0 Å². The number of anilines is 1. The molecule has 0 saturated carbocycles. The zero-order valence-corrected chi connectivity index (χ0v) is 11.5. The van der Waals surface area contributed by atoms with E-state index in [1.807, 2.05) is 43.3 Å². The summed E-state index contributed by atoms with van der Waals surface area (Å²) in [6, 6.07) is 11.1. The van der Waals surface area contributed by atoms with Gasteiger partial charge in [-0.2, -0.15) is 0 Å². The summed E-state index contributed by atoms with van der Waals surface area (Å²) in [6.07, 6.45) is 0. The van der Waals surface area contributed by atoms with E-state index >= 15 is 0 Å². The first-order valence-electron chi connectivity index (χ1n) is 5.94. The topological polar surface area (TPSA) is 40.5 Å². The van der Waals surface area contributed by atoms with E-state index in [0.29, 0.717) is 10.8 Å². The lowest BCUT2D eigenvalue weighted by Gasteiger charge is -2.14. The molecule has 19 heavy (non-hydrogen) atoms. The van der Waals surface area contributed by atoms with Crippen molar-refractivity contribution in [1.82, 2.24) is 0 Å². The van der Waals surface area contributed by atoms with Crippen LogP contribution in [0.4, 0.5) is 5.69 Å². The van der Waals surface area contributed by atoms with Gasteiger partial charge in [-0.1, -0.05) is 12.1 Å². The average Bonchev–Trinajstić information content (AvgIpc) is 2.38. The van der Waals surface area contributed by atoms with Crippen molar-refractivity contribution in [2.75, 3.05) is 19.0 Å². The lowest BCUT2D eigenvalue weighted by Crippen LogP contribution is -2.09. The summed E-state index contributed by atoms with van der Waals surface area (Å²) >= 11 is 1.52. The molecule has 0 saturated heterocycles. The molecular formula is C15H13NO2S. The molecule has 0 aliphatic carbocycles. The third kappa shape index (κ3) is 1.85. The number of nitrogens with zero attached hydrogens (tertiary/aromatic N) is 1. The SMILES string of the molecule is CN(C)c1cc(O)c2c(=O)c3ccccc3sc2c1. The van der Waals surface area contributed by atoms with Crippen LogP contribution < -0.4 is 10.3 Å². The van der Waals surface area contributed by atoms with Gasteiger partial charge in [0.1, 0.15) is 5.75 Å². The van der Waals surface area contributed by atoms with Crippen LogP contribution in [0.3, 0.4) is 0 Å². The molecule has 0 radical (unpaired) electrons. The highest BCUT2D eigenvalue weighted by Gasteiger charge is 2.11. The fourth-order valence-corrected chi connectivity index (χ4v) is 3.28. The number of phenolic OH excluding ortho intramolecular Hbond substituents is 1. The Morgan fingerprint density at radius 3 is 2.58 bits per heavy atom. The van der Waals surface area contributed by atoms with Gasteiger partial charge in [-0.3, -0.25) is 4.79 Å². The Balaban J connectivity index is 2.51. The maximum atomic E-state index is 12.4. The lowest BCUT2D eigenvalue weighted by molar-refractivity contribution is 0.481. The van der Waals surface area contributed by atoms with E-state index in [4.69, 9.17) is 0 Å². The Hall–Kier alpha value is -2.07. The van der Waals surface area contributed by atoms with Gasteiger partial charge in [0.05, 0.1) is 5.39 Å². The van der Waals surface area contributed by atoms with E-state index in [0.717, 1.165) is 15.1 Å². The van der Waals surface area contributed by atoms with Crippen molar-refractivity contribution in [1.29, 1.82) is 0 Å². The second-order valence-electron chi connectivity index (χ2n) is 4.66. The van der Waals surface area contributed by atoms with E-state index in [-0.39, 0.29) is 11.2 Å². The Morgan fingerprint density at radius 1 is 1.11 bits per heavy atom. The quantitative estimate of drug-likeness (QED) is 0.691. The Kier molecular flexibility index (Phi) is 2.68. The smallest absolute Gasteiger partial charge is 0.199 e. The standard InChI is InChI=1S/C15H13NO2S/c1-16(2)9-7-11(17)14-13(8-9)19-12-6-4-3-5-10(12)15(14)18/h3-8,17H,1-2H3. The van der Waals surface area contributed by atoms with Gasteiger partial charge < -0.3 is 10.0 Å². The van der Waals surface area contributed by atoms with Crippen molar-refractivity contribution >= 4 is 37.2 Å². The summed E-state index contributed by atoms with van der Waals surface area (Å²) in [5.41, 5.74) is 0.781. The van der Waals surface area contributed by atoms with Crippen LogP contribution in [0.5, 0.6) is 5.75 Å². The summed E-state index contributed by atoms with van der Waals surface area (Å²) in [5.74, 6) is 0.0493. The van der Waals surface area contributed by atoms with Gasteiger partial charge in [-0.05, 0) is 18.2 Å². The predicted octanol–water partition coefficient (Wildman–Crippen LogP) is 3.19. The van der Waals surface area contributed by atoms with Crippen molar-refractivity contribution in [2.24, 2.45) is 0 Å². The molecule has 0 fully saturated rings. The van der Waals surface area contributed by atoms with Crippen LogP contribution in [0.1, 0.15) is 0 Å². The largest absolute Gasteiger partial charge is 0.507 e. The fraction of sp³-hybridized carbons (Fsp3) is 0.133. The van der Waals surface area contributed by atoms with Crippen LogP contribution in [0, 0.1) is 0 Å². The predicted molar refractivity (Wildman–Crippen MR) is 81.6 cm³/mol. The fourth-order valence-electron chi connectivity index (χ4n) is 2.15. The van der Waals surface area contributed by atoms with Gasteiger partial charge in [-0.15, -0.1) is 11.3 Å². The Labute approximate surface area is 114 Å². The maximum absolute atomic E-state index is 12.4. The molecule has 4 heteroatoms. The van der Waals surface area contributed by atoms with Gasteiger partial charge in [-0.25, -0.2) is 0 Å². The summed E-state index contributed by atoms with van der Waals surface area (Å²) in [6.45, 7) is 0. The van der Waals surface area contributed by atoms with E-state index < -0.39 is 0 Å². The first-order valence-corrected chi connectivity index (χ1v) is 6.75. The monoisotopic (exact) mass is 271 g/mol. The molecule has 0 atom stereocenters. The Morgan fingerprint density at radius 2 is 1.84 bits per heavy atom. The normalized spacial score (nSPS) is 11.1. The zero-order valence-electron chi connectivity index (χ0n) is 10.7.